The zero-order valence-corrected chi connectivity index (χ0v) is 11.1. The lowest BCUT2D eigenvalue weighted by Crippen LogP contribution is -2.36. The lowest BCUT2D eigenvalue weighted by molar-refractivity contribution is -0.385. The van der Waals surface area contributed by atoms with Crippen molar-refractivity contribution in [1.82, 2.24) is 4.90 Å². The van der Waals surface area contributed by atoms with Crippen molar-refractivity contribution in [3.63, 3.8) is 0 Å². The van der Waals surface area contributed by atoms with E-state index in [2.05, 4.69) is 16.7 Å². The van der Waals surface area contributed by atoms with Gasteiger partial charge in [0.2, 0.25) is 0 Å². The molecule has 1 fully saturated rings. The molecule has 1 aliphatic rings. The number of hydrogen-bond donors (Lipinski definition) is 0. The van der Waals surface area contributed by atoms with Gasteiger partial charge in [-0.3, -0.25) is 15.0 Å². The summed E-state index contributed by atoms with van der Waals surface area (Å²) in [6.07, 6.45) is 0. The molecule has 6 nitrogen and oxygen atoms in total. The molecule has 0 saturated carbocycles. The van der Waals surface area contributed by atoms with E-state index in [-0.39, 0.29) is 18.0 Å². The zero-order chi connectivity index (χ0) is 14.2. The van der Waals surface area contributed by atoms with Crippen LogP contribution in [0.15, 0.2) is 24.3 Å². The van der Waals surface area contributed by atoms with Crippen LogP contribution in [0.3, 0.4) is 0 Å². The van der Waals surface area contributed by atoms with Gasteiger partial charge in [0, 0.05) is 19.2 Å². The number of nitrogens with zero attached hydrogens (tertiary/aromatic N) is 2. The van der Waals surface area contributed by atoms with E-state index in [0.717, 1.165) is 26.3 Å². The molecular formula is C14H16N2O4. The second kappa shape index (κ2) is 7.48. The van der Waals surface area contributed by atoms with Gasteiger partial charge in [-0.15, -0.1) is 0 Å². The van der Waals surface area contributed by atoms with Gasteiger partial charge >= 0.3 is 5.69 Å². The number of morpholine rings is 1. The summed E-state index contributed by atoms with van der Waals surface area (Å²) < 4.78 is 10.6. The predicted octanol–water partition coefficient (Wildman–Crippen LogP) is 1.31. The van der Waals surface area contributed by atoms with E-state index < -0.39 is 4.92 Å². The first kappa shape index (κ1) is 14.3. The molecule has 6 heteroatoms. The number of nitro benzene ring substituents is 1. The molecule has 0 radical (unpaired) electrons. The van der Waals surface area contributed by atoms with Crippen LogP contribution >= 0.6 is 0 Å². The SMILES string of the molecule is O=[N+]([O-])c1ccccc1OCC#CCN1CCOCC1. The Labute approximate surface area is 117 Å². The molecule has 0 spiro atoms. The second-order valence-corrected chi connectivity index (χ2v) is 4.26. The Hall–Kier alpha value is -2.10. The van der Waals surface area contributed by atoms with Crippen LogP contribution in [0.4, 0.5) is 5.69 Å². The van der Waals surface area contributed by atoms with Crippen molar-refractivity contribution in [1.29, 1.82) is 0 Å². The third kappa shape index (κ3) is 4.23. The van der Waals surface area contributed by atoms with Gasteiger partial charge in [0.25, 0.3) is 0 Å². The standard InChI is InChI=1S/C14H16N2O4/c17-16(18)13-5-1-2-6-14(13)20-10-4-3-7-15-8-11-19-12-9-15/h1-2,5-6H,7-12H2. The highest BCUT2D eigenvalue weighted by molar-refractivity contribution is 5.45. The maximum atomic E-state index is 10.8. The Balaban J connectivity index is 1.80. The molecule has 1 aromatic rings. The number of nitro groups is 1. The van der Waals surface area contributed by atoms with Gasteiger partial charge in [-0.2, -0.15) is 0 Å². The highest BCUT2D eigenvalue weighted by Crippen LogP contribution is 2.25. The quantitative estimate of drug-likeness (QED) is 0.471. The van der Waals surface area contributed by atoms with Crippen LogP contribution in [0.25, 0.3) is 0 Å². The molecule has 1 aromatic carbocycles. The third-order valence-electron chi connectivity index (χ3n) is 2.89. The summed E-state index contributed by atoms with van der Waals surface area (Å²) in [5.74, 6) is 6.12. The van der Waals surface area contributed by atoms with Gasteiger partial charge in [0.1, 0.15) is 6.61 Å². The van der Waals surface area contributed by atoms with Crippen molar-refractivity contribution in [2.24, 2.45) is 0 Å². The molecule has 1 saturated heterocycles. The molecule has 2 rings (SSSR count). The van der Waals surface area contributed by atoms with Crippen LogP contribution in [-0.4, -0.2) is 49.3 Å². The first-order chi connectivity index (χ1) is 9.77. The van der Waals surface area contributed by atoms with E-state index in [1.165, 1.54) is 6.07 Å². The van der Waals surface area contributed by atoms with Gasteiger partial charge in [-0.05, 0) is 6.07 Å². The number of para-hydroxylation sites is 2. The van der Waals surface area contributed by atoms with Gasteiger partial charge in [-0.1, -0.05) is 24.0 Å². The van der Waals surface area contributed by atoms with Crippen LogP contribution in [0, 0.1) is 22.0 Å². The van der Waals surface area contributed by atoms with Crippen molar-refractivity contribution in [2.45, 2.75) is 0 Å². The number of ether oxygens (including phenoxy) is 2. The fourth-order valence-electron chi connectivity index (χ4n) is 1.82. The minimum Gasteiger partial charge on any atom is -0.474 e. The van der Waals surface area contributed by atoms with Crippen LogP contribution in [0.5, 0.6) is 5.75 Å². The average Bonchev–Trinajstić information content (AvgIpc) is 2.48. The highest BCUT2D eigenvalue weighted by Gasteiger charge is 2.12. The molecule has 0 unspecified atom stereocenters. The molecular weight excluding hydrogens is 260 g/mol. The van der Waals surface area contributed by atoms with E-state index in [9.17, 15) is 10.1 Å². The van der Waals surface area contributed by atoms with Crippen LogP contribution in [0.1, 0.15) is 0 Å². The first-order valence-electron chi connectivity index (χ1n) is 6.39. The van der Waals surface area contributed by atoms with Crippen molar-refractivity contribution < 1.29 is 14.4 Å². The molecule has 0 N–H and O–H groups in total. The molecule has 1 aliphatic heterocycles. The summed E-state index contributed by atoms with van der Waals surface area (Å²) in [6, 6.07) is 6.29. The third-order valence-corrected chi connectivity index (χ3v) is 2.89. The summed E-state index contributed by atoms with van der Waals surface area (Å²) in [7, 11) is 0. The minimum absolute atomic E-state index is 0.0394. The first-order valence-corrected chi connectivity index (χ1v) is 6.39. The molecule has 106 valence electrons. The minimum atomic E-state index is -0.462. The van der Waals surface area contributed by atoms with Crippen molar-refractivity contribution in [3.05, 3.63) is 34.4 Å². The Morgan fingerprint density at radius 3 is 2.80 bits per heavy atom. The predicted molar refractivity (Wildman–Crippen MR) is 73.6 cm³/mol. The summed E-state index contributed by atoms with van der Waals surface area (Å²) in [4.78, 5) is 12.5. The fourth-order valence-corrected chi connectivity index (χ4v) is 1.82. The van der Waals surface area contributed by atoms with E-state index in [1.54, 1.807) is 18.2 Å². The van der Waals surface area contributed by atoms with Crippen molar-refractivity contribution in [2.75, 3.05) is 39.5 Å². The van der Waals surface area contributed by atoms with Gasteiger partial charge < -0.3 is 9.47 Å². The average molecular weight is 276 g/mol. The van der Waals surface area contributed by atoms with Gasteiger partial charge in [0.15, 0.2) is 5.75 Å². The topological polar surface area (TPSA) is 64.8 Å². The largest absolute Gasteiger partial charge is 0.474 e. The summed E-state index contributed by atoms with van der Waals surface area (Å²) >= 11 is 0. The van der Waals surface area contributed by atoms with Crippen LogP contribution < -0.4 is 4.74 Å². The van der Waals surface area contributed by atoms with E-state index in [1.807, 2.05) is 0 Å². The van der Waals surface area contributed by atoms with E-state index >= 15 is 0 Å². The lowest BCUT2D eigenvalue weighted by atomic mass is 10.3. The summed E-state index contributed by atoms with van der Waals surface area (Å²) in [5, 5.41) is 10.8. The maximum absolute atomic E-state index is 10.8. The maximum Gasteiger partial charge on any atom is 0.310 e. The fraction of sp³-hybridized carbons (Fsp3) is 0.429. The zero-order valence-electron chi connectivity index (χ0n) is 11.1. The summed E-state index contributed by atoms with van der Waals surface area (Å²) in [6.45, 7) is 4.08. The van der Waals surface area contributed by atoms with E-state index in [4.69, 9.17) is 9.47 Å². The molecule has 0 amide bonds. The highest BCUT2D eigenvalue weighted by atomic mass is 16.6. The Bertz CT molecular complexity index is 515. The Morgan fingerprint density at radius 1 is 1.30 bits per heavy atom. The molecule has 0 aliphatic carbocycles. The number of hydrogen-bond acceptors (Lipinski definition) is 5. The molecule has 0 aromatic heterocycles. The van der Waals surface area contributed by atoms with Crippen molar-refractivity contribution >= 4 is 5.69 Å². The van der Waals surface area contributed by atoms with Crippen LogP contribution in [-0.2, 0) is 4.74 Å². The molecule has 1 heterocycles. The molecule has 20 heavy (non-hydrogen) atoms. The molecule has 0 atom stereocenters. The van der Waals surface area contributed by atoms with Gasteiger partial charge in [0.05, 0.1) is 24.7 Å². The lowest BCUT2D eigenvalue weighted by Gasteiger charge is -2.24. The van der Waals surface area contributed by atoms with Crippen molar-refractivity contribution in [3.8, 4) is 17.6 Å². The normalized spacial score (nSPS) is 15.2. The Morgan fingerprint density at radius 2 is 2.05 bits per heavy atom. The van der Waals surface area contributed by atoms with Crippen LogP contribution in [0.2, 0.25) is 0 Å². The number of rotatable bonds is 4. The molecule has 0 bridgehead atoms. The number of benzene rings is 1. The second-order valence-electron chi connectivity index (χ2n) is 4.26. The van der Waals surface area contributed by atoms with Gasteiger partial charge in [-0.25, -0.2) is 0 Å². The van der Waals surface area contributed by atoms with E-state index in [0.29, 0.717) is 6.54 Å². The Kier molecular flexibility index (Phi) is 5.35. The smallest absolute Gasteiger partial charge is 0.310 e. The monoisotopic (exact) mass is 276 g/mol. The summed E-state index contributed by atoms with van der Waals surface area (Å²) in [5.41, 5.74) is -0.0394.